The van der Waals surface area contributed by atoms with Gasteiger partial charge in [0.15, 0.2) is 5.78 Å². The first kappa shape index (κ1) is 16.8. The van der Waals surface area contributed by atoms with Crippen molar-refractivity contribution in [1.29, 1.82) is 0 Å². The third-order valence-corrected chi connectivity index (χ3v) is 4.06. The van der Waals surface area contributed by atoms with Crippen molar-refractivity contribution < 1.29 is 18.0 Å². The topological polar surface area (TPSA) is 17.1 Å². The first-order chi connectivity index (χ1) is 9.10. The average Bonchev–Trinajstić information content (AvgIpc) is 2.34. The van der Waals surface area contributed by atoms with Gasteiger partial charge < -0.3 is 0 Å². The largest absolute Gasteiger partial charge is 0.416 e. The molecule has 0 atom stereocenters. The van der Waals surface area contributed by atoms with Crippen molar-refractivity contribution in [3.63, 3.8) is 0 Å². The number of thioether (sulfide) groups is 1. The predicted octanol–water partition coefficient (Wildman–Crippen LogP) is 4.97. The van der Waals surface area contributed by atoms with Crippen molar-refractivity contribution in [2.45, 2.75) is 31.8 Å². The van der Waals surface area contributed by atoms with E-state index in [9.17, 15) is 18.0 Å². The Labute approximate surface area is 121 Å². The number of hydrogen-bond donors (Lipinski definition) is 0. The van der Waals surface area contributed by atoms with Crippen LogP contribution in [-0.4, -0.2) is 11.5 Å². The minimum atomic E-state index is -4.30. The number of allylic oxidation sites excluding steroid dienone is 2. The Balaban J connectivity index is 2.64. The van der Waals surface area contributed by atoms with E-state index in [4.69, 9.17) is 0 Å². The van der Waals surface area contributed by atoms with Gasteiger partial charge in [0.05, 0.1) is 5.56 Å². The highest BCUT2D eigenvalue weighted by molar-refractivity contribution is 7.99. The molecule has 1 nitrogen and oxygen atoms in total. The van der Waals surface area contributed by atoms with Crippen LogP contribution in [-0.2, 0) is 11.0 Å². The summed E-state index contributed by atoms with van der Waals surface area (Å²) in [7, 11) is 0. The lowest BCUT2D eigenvalue weighted by Gasteiger charge is -2.19. The van der Waals surface area contributed by atoms with Crippen molar-refractivity contribution in [2.75, 3.05) is 5.75 Å². The Hall–Kier alpha value is -1.23. The summed E-state index contributed by atoms with van der Waals surface area (Å²) in [5.41, 5.74) is -0.837. The van der Waals surface area contributed by atoms with Gasteiger partial charge in [-0.3, -0.25) is 4.79 Å². The van der Waals surface area contributed by atoms with Crippen molar-refractivity contribution in [1.82, 2.24) is 0 Å². The monoisotopic (exact) mass is 302 g/mol. The Bertz CT molecular complexity index is 487. The maximum Gasteiger partial charge on any atom is 0.416 e. The Morgan fingerprint density at radius 3 is 2.20 bits per heavy atom. The fourth-order valence-corrected chi connectivity index (χ4v) is 2.36. The first-order valence-corrected chi connectivity index (χ1v) is 7.09. The Morgan fingerprint density at radius 1 is 1.20 bits per heavy atom. The maximum absolute atomic E-state index is 12.4. The number of carbonyl (C=O) groups is 1. The molecule has 0 aliphatic carbocycles. The van der Waals surface area contributed by atoms with Crippen molar-refractivity contribution in [3.05, 3.63) is 42.0 Å². The second kappa shape index (κ2) is 6.48. The number of halogens is 3. The molecule has 0 unspecified atom stereocenters. The molecule has 0 aromatic heterocycles. The minimum Gasteiger partial charge on any atom is -0.295 e. The maximum atomic E-state index is 12.4. The smallest absolute Gasteiger partial charge is 0.295 e. The van der Waals surface area contributed by atoms with Crippen LogP contribution in [0.3, 0.4) is 0 Å². The van der Waals surface area contributed by atoms with E-state index in [1.54, 1.807) is 0 Å². The highest BCUT2D eigenvalue weighted by Gasteiger charge is 2.30. The molecule has 0 heterocycles. The molecular weight excluding hydrogens is 285 g/mol. The summed E-state index contributed by atoms with van der Waals surface area (Å²) in [5, 5.41) is 0. The molecule has 0 spiro atoms. The van der Waals surface area contributed by atoms with Gasteiger partial charge in [0, 0.05) is 10.6 Å². The van der Waals surface area contributed by atoms with Gasteiger partial charge >= 0.3 is 6.18 Å². The van der Waals surface area contributed by atoms with Crippen LogP contribution in [0.4, 0.5) is 13.2 Å². The molecule has 0 fully saturated rings. The van der Waals surface area contributed by atoms with Crippen LogP contribution in [0, 0.1) is 5.41 Å². The molecule has 0 saturated carbocycles. The number of carbonyl (C=O) groups excluding carboxylic acids is 1. The van der Waals surface area contributed by atoms with Gasteiger partial charge in [0.2, 0.25) is 0 Å². The van der Waals surface area contributed by atoms with E-state index in [0.29, 0.717) is 5.75 Å². The van der Waals surface area contributed by atoms with E-state index >= 15 is 0 Å². The molecule has 0 aliphatic heterocycles. The molecule has 0 N–H and O–H groups in total. The van der Waals surface area contributed by atoms with E-state index in [1.165, 1.54) is 36.9 Å². The molecule has 5 heteroatoms. The number of benzene rings is 1. The van der Waals surface area contributed by atoms with Crippen LogP contribution in [0.15, 0.2) is 41.3 Å². The van der Waals surface area contributed by atoms with Gasteiger partial charge in [0.1, 0.15) is 0 Å². The molecule has 0 amide bonds. The highest BCUT2D eigenvalue weighted by Crippen LogP contribution is 2.32. The second-order valence-electron chi connectivity index (χ2n) is 5.24. The average molecular weight is 302 g/mol. The van der Waals surface area contributed by atoms with Crippen LogP contribution in [0.1, 0.15) is 26.3 Å². The molecule has 1 aromatic rings. The zero-order valence-corrected chi connectivity index (χ0v) is 12.4. The number of hydrogen-bond acceptors (Lipinski definition) is 2. The van der Waals surface area contributed by atoms with Gasteiger partial charge in [-0.2, -0.15) is 13.2 Å². The lowest BCUT2D eigenvalue weighted by atomic mass is 9.95. The normalized spacial score (nSPS) is 12.9. The molecule has 20 heavy (non-hydrogen) atoms. The van der Waals surface area contributed by atoms with Crippen LogP contribution in [0.25, 0.3) is 0 Å². The highest BCUT2D eigenvalue weighted by atomic mass is 32.2. The van der Waals surface area contributed by atoms with E-state index in [-0.39, 0.29) is 11.2 Å². The quantitative estimate of drug-likeness (QED) is 0.564. The summed E-state index contributed by atoms with van der Waals surface area (Å²) in [6.45, 7) is 5.43. The van der Waals surface area contributed by atoms with Crippen molar-refractivity contribution in [3.8, 4) is 0 Å². The minimum absolute atomic E-state index is 0.0161. The van der Waals surface area contributed by atoms with Gasteiger partial charge in [-0.25, -0.2) is 0 Å². The number of rotatable bonds is 5. The molecule has 110 valence electrons. The molecule has 0 radical (unpaired) electrons. The van der Waals surface area contributed by atoms with Gasteiger partial charge in [-0.1, -0.05) is 19.9 Å². The molecule has 0 aliphatic rings. The first-order valence-electron chi connectivity index (χ1n) is 6.10. The summed E-state index contributed by atoms with van der Waals surface area (Å²) < 4.78 is 37.3. The number of ketones is 1. The summed E-state index contributed by atoms with van der Waals surface area (Å²) in [4.78, 5) is 11.7. The second-order valence-corrected chi connectivity index (χ2v) is 6.29. The van der Waals surface area contributed by atoms with Gasteiger partial charge in [-0.05, 0) is 42.7 Å². The molecule has 1 aromatic carbocycles. The summed E-state index contributed by atoms with van der Waals surface area (Å²) in [5.74, 6) is 0.667. The standard InChI is InChI=1S/C15H17F3OS/c1-11(19)8-9-14(2,3)10-20-13-6-4-12(5-7-13)15(16,17)18/h4-9H,10H2,1-3H3/b9-8+. The Morgan fingerprint density at radius 2 is 1.75 bits per heavy atom. The third-order valence-electron chi connectivity index (χ3n) is 2.56. The lowest BCUT2D eigenvalue weighted by molar-refractivity contribution is -0.137. The summed E-state index contributed by atoms with van der Waals surface area (Å²) in [6.07, 6.45) is -0.952. The van der Waals surface area contributed by atoms with Crippen LogP contribution in [0.2, 0.25) is 0 Å². The summed E-state index contributed by atoms with van der Waals surface area (Å²) in [6, 6.07) is 5.11. The van der Waals surface area contributed by atoms with E-state index in [1.807, 2.05) is 19.9 Å². The molecule has 0 saturated heterocycles. The zero-order valence-electron chi connectivity index (χ0n) is 11.6. The predicted molar refractivity (Wildman–Crippen MR) is 75.8 cm³/mol. The van der Waals surface area contributed by atoms with Gasteiger partial charge in [0.25, 0.3) is 0 Å². The Kier molecular flexibility index (Phi) is 5.45. The van der Waals surface area contributed by atoms with Gasteiger partial charge in [-0.15, -0.1) is 11.8 Å². The SMILES string of the molecule is CC(=O)/C=C/C(C)(C)CSc1ccc(C(F)(F)F)cc1. The van der Waals surface area contributed by atoms with Crippen LogP contribution < -0.4 is 0 Å². The van der Waals surface area contributed by atoms with E-state index < -0.39 is 11.7 Å². The molecule has 1 rings (SSSR count). The van der Waals surface area contributed by atoms with Crippen molar-refractivity contribution in [2.24, 2.45) is 5.41 Å². The van der Waals surface area contributed by atoms with Crippen LogP contribution >= 0.6 is 11.8 Å². The van der Waals surface area contributed by atoms with Crippen molar-refractivity contribution >= 4 is 17.5 Å². The zero-order chi connectivity index (χ0) is 15.4. The number of alkyl halides is 3. The van der Waals surface area contributed by atoms with E-state index in [2.05, 4.69) is 0 Å². The lowest BCUT2D eigenvalue weighted by Crippen LogP contribution is -2.11. The molecular formula is C15H17F3OS. The van der Waals surface area contributed by atoms with Crippen LogP contribution in [0.5, 0.6) is 0 Å². The fourth-order valence-electron chi connectivity index (χ4n) is 1.40. The van der Waals surface area contributed by atoms with E-state index in [0.717, 1.165) is 17.0 Å². The fraction of sp³-hybridized carbons (Fsp3) is 0.400. The third kappa shape index (κ3) is 5.82. The molecule has 0 bridgehead atoms. The summed E-state index contributed by atoms with van der Waals surface area (Å²) >= 11 is 1.47.